The number of carbonyl (C=O) groups excluding carboxylic acids is 4. The van der Waals surface area contributed by atoms with Crippen molar-refractivity contribution >= 4 is 40.9 Å². The number of nitrogens with two attached hydrogens (primary N) is 1. The third-order valence-corrected chi connectivity index (χ3v) is 6.36. The van der Waals surface area contributed by atoms with Gasteiger partial charge in [-0.3, -0.25) is 14.4 Å². The number of carbonyl (C=O) groups is 4. The first-order chi connectivity index (χ1) is 19.1. The molecule has 1 aliphatic carbocycles. The summed E-state index contributed by atoms with van der Waals surface area (Å²) in [4.78, 5) is 56.6. The van der Waals surface area contributed by atoms with Crippen LogP contribution in [0.5, 0.6) is 0 Å². The monoisotopic (exact) mass is 551 g/mol. The van der Waals surface area contributed by atoms with Crippen LogP contribution >= 0.6 is 0 Å². The third-order valence-electron chi connectivity index (χ3n) is 6.36. The van der Waals surface area contributed by atoms with Gasteiger partial charge in [-0.25, -0.2) is 19.2 Å². The van der Waals surface area contributed by atoms with Gasteiger partial charge in [0.1, 0.15) is 17.9 Å². The number of esters is 1. The van der Waals surface area contributed by atoms with E-state index in [1.807, 2.05) is 6.92 Å². The molecule has 1 saturated carbocycles. The molecule has 3 amide bonds. The van der Waals surface area contributed by atoms with Crippen LogP contribution in [0.4, 0.5) is 16.3 Å². The largest absolute Gasteiger partial charge is 0.427 e. The van der Waals surface area contributed by atoms with Crippen molar-refractivity contribution < 1.29 is 28.7 Å². The topological polar surface area (TPSA) is 170 Å². The Kier molecular flexibility index (Phi) is 8.63. The summed E-state index contributed by atoms with van der Waals surface area (Å²) >= 11 is 0. The minimum Gasteiger partial charge on any atom is -0.427 e. The molecular formula is C27H33N7O6. The summed E-state index contributed by atoms with van der Waals surface area (Å²) in [5.74, 6) is -1.20. The van der Waals surface area contributed by atoms with E-state index in [1.54, 1.807) is 38.2 Å². The summed E-state index contributed by atoms with van der Waals surface area (Å²) in [7, 11) is 0. The van der Waals surface area contributed by atoms with Crippen molar-refractivity contribution in [3.8, 4) is 0 Å². The molecule has 0 spiro atoms. The van der Waals surface area contributed by atoms with Crippen LogP contribution in [0.3, 0.4) is 0 Å². The Balaban J connectivity index is 1.79. The first-order valence-corrected chi connectivity index (χ1v) is 13.0. The van der Waals surface area contributed by atoms with E-state index in [-0.39, 0.29) is 23.7 Å². The zero-order valence-electron chi connectivity index (χ0n) is 22.9. The van der Waals surface area contributed by atoms with Crippen LogP contribution < -0.4 is 21.3 Å². The molecule has 1 unspecified atom stereocenters. The number of benzene rings is 1. The fraction of sp³-hybridized carbons (Fsp3) is 0.407. The van der Waals surface area contributed by atoms with Crippen LogP contribution in [0.25, 0.3) is 5.52 Å². The van der Waals surface area contributed by atoms with E-state index < -0.39 is 24.9 Å². The minimum absolute atomic E-state index is 0.107. The second-order valence-electron chi connectivity index (χ2n) is 9.67. The van der Waals surface area contributed by atoms with Crippen LogP contribution in [-0.2, 0) is 14.3 Å². The van der Waals surface area contributed by atoms with Crippen molar-refractivity contribution in [1.29, 1.82) is 0 Å². The molecule has 1 aromatic carbocycles. The second kappa shape index (κ2) is 12.1. The molecule has 3 aromatic rings. The van der Waals surface area contributed by atoms with Crippen molar-refractivity contribution in [2.24, 2.45) is 5.73 Å². The molecule has 4 N–H and O–H groups in total. The Morgan fingerprint density at radius 3 is 2.60 bits per heavy atom. The van der Waals surface area contributed by atoms with Gasteiger partial charge < -0.3 is 25.8 Å². The zero-order chi connectivity index (χ0) is 29.0. The van der Waals surface area contributed by atoms with Gasteiger partial charge in [0, 0.05) is 24.3 Å². The van der Waals surface area contributed by atoms with Crippen molar-refractivity contribution in [3.05, 3.63) is 53.0 Å². The molecule has 0 bridgehead atoms. The Bertz CT molecular complexity index is 1450. The molecule has 2 aromatic heterocycles. The lowest BCUT2D eigenvalue weighted by atomic mass is 10.1. The Morgan fingerprint density at radius 2 is 1.93 bits per heavy atom. The third kappa shape index (κ3) is 6.20. The van der Waals surface area contributed by atoms with Crippen molar-refractivity contribution in [2.45, 2.75) is 59.0 Å². The van der Waals surface area contributed by atoms with E-state index in [0.717, 1.165) is 24.2 Å². The molecular weight excluding hydrogens is 518 g/mol. The highest BCUT2D eigenvalue weighted by atomic mass is 16.7. The molecule has 4 rings (SSSR count). The van der Waals surface area contributed by atoms with Gasteiger partial charge in [-0.2, -0.15) is 5.10 Å². The summed E-state index contributed by atoms with van der Waals surface area (Å²) in [5, 5.41) is 10.0. The number of nitrogens with zero attached hydrogens (tertiary/aromatic N) is 4. The number of anilines is 2. The van der Waals surface area contributed by atoms with Gasteiger partial charge in [-0.05, 0) is 63.3 Å². The van der Waals surface area contributed by atoms with E-state index in [4.69, 9.17) is 15.2 Å². The fourth-order valence-corrected chi connectivity index (χ4v) is 3.99. The summed E-state index contributed by atoms with van der Waals surface area (Å²) in [6, 6.07) is 4.14. The van der Waals surface area contributed by atoms with Crippen LogP contribution in [0.2, 0.25) is 0 Å². The zero-order valence-corrected chi connectivity index (χ0v) is 22.9. The number of aryl methyl sites for hydroxylation is 2. The van der Waals surface area contributed by atoms with Crippen molar-refractivity contribution in [3.63, 3.8) is 0 Å². The second-order valence-corrected chi connectivity index (χ2v) is 9.67. The van der Waals surface area contributed by atoms with Gasteiger partial charge in [-0.15, -0.1) is 0 Å². The van der Waals surface area contributed by atoms with Gasteiger partial charge in [0.25, 0.3) is 11.8 Å². The maximum Gasteiger partial charge on any atom is 0.423 e. The molecule has 1 fully saturated rings. The number of fused-ring (bicyclic) bond motifs is 1. The normalized spacial score (nSPS) is 13.4. The molecule has 1 atom stereocenters. The van der Waals surface area contributed by atoms with E-state index in [2.05, 4.69) is 20.7 Å². The predicted octanol–water partition coefficient (Wildman–Crippen LogP) is 2.50. The lowest BCUT2D eigenvalue weighted by Crippen LogP contribution is -2.33. The molecule has 0 radical (unpaired) electrons. The average Bonchev–Trinajstić information content (AvgIpc) is 3.68. The summed E-state index contributed by atoms with van der Waals surface area (Å²) in [5.41, 5.74) is 8.08. The van der Waals surface area contributed by atoms with Crippen LogP contribution in [0, 0.1) is 13.8 Å². The maximum absolute atomic E-state index is 13.6. The standard InChI is InChI=1S/C27H33N7O6/c1-5-10-29-24(35)18-7-6-15(2)21(11-18)34(27(38)40-14-39-26(37)17(4)28)23-22-16(3)20(12-33(22)31-13-30-23)25(36)32-19-8-9-19/h6-7,11-13,17,19H,5,8-10,14,28H2,1-4H3,(H,29,35)(H,32,36). The van der Waals surface area contributed by atoms with E-state index in [9.17, 15) is 19.2 Å². The van der Waals surface area contributed by atoms with Crippen LogP contribution in [-0.4, -0.2) is 63.9 Å². The highest BCUT2D eigenvalue weighted by molar-refractivity contribution is 6.05. The summed E-state index contributed by atoms with van der Waals surface area (Å²) in [6.07, 6.45) is 4.50. The molecule has 0 saturated heterocycles. The Hall–Kier alpha value is -4.52. The lowest BCUT2D eigenvalue weighted by molar-refractivity contribution is -0.152. The quantitative estimate of drug-likeness (QED) is 0.253. The first-order valence-electron chi connectivity index (χ1n) is 13.0. The van der Waals surface area contributed by atoms with Gasteiger partial charge in [-0.1, -0.05) is 13.0 Å². The molecule has 2 heterocycles. The SMILES string of the molecule is CCCNC(=O)c1ccc(C)c(N(C(=O)OCOC(=O)C(C)N)c2ncnn3cc(C(=O)NC4CC4)c(C)c23)c1. The van der Waals surface area contributed by atoms with E-state index >= 15 is 0 Å². The molecule has 13 nitrogen and oxygen atoms in total. The number of amides is 3. The number of rotatable bonds is 10. The average molecular weight is 552 g/mol. The minimum atomic E-state index is -0.933. The first kappa shape index (κ1) is 28.5. The maximum atomic E-state index is 13.6. The Morgan fingerprint density at radius 1 is 1.18 bits per heavy atom. The number of hydrogen-bond donors (Lipinski definition) is 3. The van der Waals surface area contributed by atoms with Crippen LogP contribution in [0.15, 0.2) is 30.7 Å². The van der Waals surface area contributed by atoms with E-state index in [1.165, 1.54) is 17.8 Å². The molecule has 0 aliphatic heterocycles. The van der Waals surface area contributed by atoms with Crippen molar-refractivity contribution in [1.82, 2.24) is 25.2 Å². The predicted molar refractivity (Wildman–Crippen MR) is 145 cm³/mol. The van der Waals surface area contributed by atoms with Crippen LogP contribution in [0.1, 0.15) is 65.0 Å². The van der Waals surface area contributed by atoms with E-state index in [0.29, 0.717) is 40.0 Å². The highest BCUT2D eigenvalue weighted by Crippen LogP contribution is 2.34. The van der Waals surface area contributed by atoms with Crippen molar-refractivity contribution in [2.75, 3.05) is 18.2 Å². The number of aromatic nitrogens is 3. The lowest BCUT2D eigenvalue weighted by Gasteiger charge is -2.24. The number of nitrogens with one attached hydrogen (secondary N) is 2. The summed E-state index contributed by atoms with van der Waals surface area (Å²) < 4.78 is 11.7. The highest BCUT2D eigenvalue weighted by Gasteiger charge is 2.30. The number of ether oxygens (including phenoxy) is 2. The molecule has 1 aliphatic rings. The van der Waals surface area contributed by atoms with Gasteiger partial charge in [0.05, 0.1) is 11.3 Å². The summed E-state index contributed by atoms with van der Waals surface area (Å²) in [6.45, 7) is 6.67. The number of hydrogen-bond acceptors (Lipinski definition) is 9. The Labute approximate surface area is 231 Å². The molecule has 13 heteroatoms. The van der Waals surface area contributed by atoms with Gasteiger partial charge in [0.15, 0.2) is 5.82 Å². The molecule has 212 valence electrons. The van der Waals surface area contributed by atoms with Gasteiger partial charge in [0.2, 0.25) is 6.79 Å². The van der Waals surface area contributed by atoms with Gasteiger partial charge >= 0.3 is 12.1 Å². The fourth-order valence-electron chi connectivity index (χ4n) is 3.99. The smallest absolute Gasteiger partial charge is 0.423 e. The molecule has 40 heavy (non-hydrogen) atoms.